The van der Waals surface area contributed by atoms with E-state index in [0.29, 0.717) is 0 Å². The fraction of sp³-hybridized carbons (Fsp3) is 0.357. The Bertz CT molecular complexity index is 579. The molecular formula is C14H15ClN2OS. The number of aryl methyl sites for hydroxylation is 1. The minimum Gasteiger partial charge on any atom is -0.378 e. The molecule has 1 saturated heterocycles. The van der Waals surface area contributed by atoms with Gasteiger partial charge in [0.2, 0.25) is 0 Å². The molecule has 3 rings (SSSR count). The van der Waals surface area contributed by atoms with Crippen LogP contribution in [0, 0.1) is 6.92 Å². The number of halogens is 1. The van der Waals surface area contributed by atoms with Crippen LogP contribution in [0.2, 0.25) is 5.02 Å². The minimum absolute atomic E-state index is 0.763. The van der Waals surface area contributed by atoms with Gasteiger partial charge in [0, 0.05) is 24.0 Å². The van der Waals surface area contributed by atoms with Crippen molar-refractivity contribution < 1.29 is 4.74 Å². The van der Waals surface area contributed by atoms with Crippen molar-refractivity contribution in [1.82, 2.24) is 4.98 Å². The Hall–Kier alpha value is -1.10. The summed E-state index contributed by atoms with van der Waals surface area (Å²) in [4.78, 5) is 6.96. The molecule has 0 bridgehead atoms. The molecule has 19 heavy (non-hydrogen) atoms. The molecule has 0 radical (unpaired) electrons. The lowest BCUT2D eigenvalue weighted by atomic mass is 10.1. The van der Waals surface area contributed by atoms with Crippen LogP contribution in [0.25, 0.3) is 11.3 Å². The van der Waals surface area contributed by atoms with E-state index < -0.39 is 0 Å². The van der Waals surface area contributed by atoms with E-state index in [4.69, 9.17) is 21.3 Å². The van der Waals surface area contributed by atoms with E-state index in [1.165, 1.54) is 0 Å². The number of thiazole rings is 1. The molecular weight excluding hydrogens is 280 g/mol. The third-order valence-electron chi connectivity index (χ3n) is 3.17. The number of hydrogen-bond donors (Lipinski definition) is 0. The van der Waals surface area contributed by atoms with Crippen LogP contribution in [0.15, 0.2) is 23.6 Å². The molecule has 0 spiro atoms. The predicted octanol–water partition coefficient (Wildman–Crippen LogP) is 3.61. The van der Waals surface area contributed by atoms with Crippen molar-refractivity contribution >= 4 is 28.1 Å². The number of hydrogen-bond acceptors (Lipinski definition) is 4. The first kappa shape index (κ1) is 12.9. The van der Waals surface area contributed by atoms with Gasteiger partial charge in [-0.1, -0.05) is 23.7 Å². The van der Waals surface area contributed by atoms with Crippen molar-refractivity contribution in [3.63, 3.8) is 0 Å². The molecule has 2 heterocycles. The van der Waals surface area contributed by atoms with Crippen LogP contribution in [-0.2, 0) is 4.74 Å². The number of ether oxygens (including phenoxy) is 1. The van der Waals surface area contributed by atoms with Crippen LogP contribution >= 0.6 is 22.9 Å². The van der Waals surface area contributed by atoms with Crippen LogP contribution in [0.1, 0.15) is 5.56 Å². The van der Waals surface area contributed by atoms with Gasteiger partial charge < -0.3 is 9.64 Å². The summed E-state index contributed by atoms with van der Waals surface area (Å²) in [6.07, 6.45) is 0. The van der Waals surface area contributed by atoms with Crippen molar-refractivity contribution in [2.45, 2.75) is 6.92 Å². The van der Waals surface area contributed by atoms with Crippen LogP contribution in [-0.4, -0.2) is 31.3 Å². The lowest BCUT2D eigenvalue weighted by Gasteiger charge is -2.26. The number of benzene rings is 1. The first-order chi connectivity index (χ1) is 9.24. The molecule has 1 aromatic heterocycles. The van der Waals surface area contributed by atoms with Crippen molar-refractivity contribution in [3.8, 4) is 11.3 Å². The molecule has 0 N–H and O–H groups in total. The smallest absolute Gasteiger partial charge is 0.186 e. The van der Waals surface area contributed by atoms with Crippen molar-refractivity contribution in [1.29, 1.82) is 0 Å². The van der Waals surface area contributed by atoms with Gasteiger partial charge in [0.15, 0.2) is 5.13 Å². The number of rotatable bonds is 2. The molecule has 5 heteroatoms. The van der Waals surface area contributed by atoms with E-state index in [-0.39, 0.29) is 0 Å². The van der Waals surface area contributed by atoms with Gasteiger partial charge in [-0.05, 0) is 18.6 Å². The maximum Gasteiger partial charge on any atom is 0.186 e. The summed E-state index contributed by atoms with van der Waals surface area (Å²) in [5.41, 5.74) is 3.12. The second kappa shape index (κ2) is 5.49. The Morgan fingerprint density at radius 2 is 2.11 bits per heavy atom. The molecule has 100 valence electrons. The van der Waals surface area contributed by atoms with Crippen molar-refractivity contribution in [2.24, 2.45) is 0 Å². The van der Waals surface area contributed by atoms with Crippen molar-refractivity contribution in [3.05, 3.63) is 34.2 Å². The predicted molar refractivity (Wildman–Crippen MR) is 80.3 cm³/mol. The molecule has 0 unspecified atom stereocenters. The van der Waals surface area contributed by atoms with Gasteiger partial charge in [-0.25, -0.2) is 4.98 Å². The molecule has 1 fully saturated rings. The average Bonchev–Trinajstić information content (AvgIpc) is 2.89. The fourth-order valence-electron chi connectivity index (χ4n) is 2.12. The van der Waals surface area contributed by atoms with E-state index in [2.05, 4.69) is 16.3 Å². The van der Waals surface area contributed by atoms with Crippen molar-refractivity contribution in [2.75, 3.05) is 31.2 Å². The topological polar surface area (TPSA) is 25.4 Å². The van der Waals surface area contributed by atoms with Gasteiger partial charge in [-0.3, -0.25) is 0 Å². The first-order valence-corrected chi connectivity index (χ1v) is 7.54. The second-order valence-electron chi connectivity index (χ2n) is 4.60. The molecule has 0 aliphatic carbocycles. The lowest BCUT2D eigenvalue weighted by Crippen LogP contribution is -2.36. The number of aromatic nitrogens is 1. The highest BCUT2D eigenvalue weighted by atomic mass is 35.5. The Labute approximate surface area is 121 Å². The highest BCUT2D eigenvalue weighted by molar-refractivity contribution is 7.14. The molecule has 0 atom stereocenters. The summed E-state index contributed by atoms with van der Waals surface area (Å²) in [5.74, 6) is 0. The summed E-state index contributed by atoms with van der Waals surface area (Å²) in [7, 11) is 0. The molecule has 1 aliphatic rings. The highest BCUT2D eigenvalue weighted by Crippen LogP contribution is 2.32. The minimum atomic E-state index is 0.763. The zero-order chi connectivity index (χ0) is 13.2. The zero-order valence-electron chi connectivity index (χ0n) is 10.7. The average molecular weight is 295 g/mol. The summed E-state index contributed by atoms with van der Waals surface area (Å²) in [5, 5.41) is 3.88. The number of anilines is 1. The third-order valence-corrected chi connectivity index (χ3v) is 4.39. The van der Waals surface area contributed by atoms with Crippen LogP contribution in [0.3, 0.4) is 0 Å². The van der Waals surface area contributed by atoms with E-state index in [1.54, 1.807) is 11.3 Å². The Morgan fingerprint density at radius 3 is 2.84 bits per heavy atom. The van der Waals surface area contributed by atoms with E-state index in [9.17, 15) is 0 Å². The summed E-state index contributed by atoms with van der Waals surface area (Å²) < 4.78 is 5.36. The van der Waals surface area contributed by atoms with E-state index in [0.717, 1.165) is 53.3 Å². The van der Waals surface area contributed by atoms with Gasteiger partial charge in [-0.2, -0.15) is 0 Å². The van der Waals surface area contributed by atoms with Gasteiger partial charge >= 0.3 is 0 Å². The molecule has 0 amide bonds. The zero-order valence-corrected chi connectivity index (χ0v) is 12.3. The fourth-order valence-corrected chi connectivity index (χ4v) is 3.33. The lowest BCUT2D eigenvalue weighted by molar-refractivity contribution is 0.122. The third kappa shape index (κ3) is 2.76. The Kier molecular flexibility index (Phi) is 3.73. The van der Waals surface area contributed by atoms with Gasteiger partial charge in [-0.15, -0.1) is 11.3 Å². The maximum absolute atomic E-state index is 6.29. The van der Waals surface area contributed by atoms with Crippen LogP contribution < -0.4 is 4.90 Å². The maximum atomic E-state index is 6.29. The molecule has 0 saturated carbocycles. The second-order valence-corrected chi connectivity index (χ2v) is 5.84. The van der Waals surface area contributed by atoms with Gasteiger partial charge in [0.25, 0.3) is 0 Å². The van der Waals surface area contributed by atoms with Crippen LogP contribution in [0.5, 0.6) is 0 Å². The summed E-state index contributed by atoms with van der Waals surface area (Å²) >= 11 is 7.95. The van der Waals surface area contributed by atoms with Gasteiger partial charge in [0.1, 0.15) is 0 Å². The number of morpholine rings is 1. The molecule has 3 nitrogen and oxygen atoms in total. The van der Waals surface area contributed by atoms with Gasteiger partial charge in [0.05, 0.1) is 23.9 Å². The number of nitrogens with zero attached hydrogens (tertiary/aromatic N) is 2. The Balaban J connectivity index is 1.87. The summed E-state index contributed by atoms with van der Waals surface area (Å²) in [6.45, 7) is 5.42. The summed E-state index contributed by atoms with van der Waals surface area (Å²) in [6, 6.07) is 6.08. The highest BCUT2D eigenvalue weighted by Gasteiger charge is 2.16. The quantitative estimate of drug-likeness (QED) is 0.846. The first-order valence-electron chi connectivity index (χ1n) is 6.29. The Morgan fingerprint density at radius 1 is 1.32 bits per heavy atom. The largest absolute Gasteiger partial charge is 0.378 e. The van der Waals surface area contributed by atoms with E-state index >= 15 is 0 Å². The monoisotopic (exact) mass is 294 g/mol. The molecule has 1 aliphatic heterocycles. The van der Waals surface area contributed by atoms with Crippen LogP contribution in [0.4, 0.5) is 5.13 Å². The SMILES string of the molecule is Cc1ccc(-c2csc(N3CCOCC3)n2)c(Cl)c1. The standard InChI is InChI=1S/C14H15ClN2OS/c1-10-2-3-11(12(15)8-10)13-9-19-14(16-13)17-4-6-18-7-5-17/h2-3,8-9H,4-7H2,1H3. The molecule has 1 aromatic carbocycles. The normalized spacial score (nSPS) is 15.8. The van der Waals surface area contributed by atoms with E-state index in [1.807, 2.05) is 19.1 Å². The molecule has 2 aromatic rings.